The van der Waals surface area contributed by atoms with E-state index in [0.29, 0.717) is 26.2 Å². The Morgan fingerprint density at radius 2 is 2.00 bits per heavy atom. The molecule has 1 aliphatic rings. The molecule has 0 unspecified atom stereocenters. The van der Waals surface area contributed by atoms with Crippen molar-refractivity contribution in [2.75, 3.05) is 33.0 Å². The predicted molar refractivity (Wildman–Crippen MR) is 42.6 cm³/mol. The van der Waals surface area contributed by atoms with Crippen LogP contribution in [-0.2, 0) is 14.3 Å². The Morgan fingerprint density at radius 1 is 1.38 bits per heavy atom. The lowest BCUT2D eigenvalue weighted by molar-refractivity contribution is -0.165. The summed E-state index contributed by atoms with van der Waals surface area (Å²) >= 11 is 0. The van der Waals surface area contributed by atoms with Crippen molar-refractivity contribution in [2.45, 2.75) is 0 Å². The zero-order valence-electron chi connectivity index (χ0n) is 7.15. The quantitative estimate of drug-likeness (QED) is 0.280. The molecular weight excluding hydrogens is 176 g/mol. The lowest BCUT2D eigenvalue weighted by Crippen LogP contribution is -2.49. The fourth-order valence-corrected chi connectivity index (χ4v) is 1.12. The van der Waals surface area contributed by atoms with Crippen LogP contribution in [-0.4, -0.2) is 54.9 Å². The second-order valence-electron chi connectivity index (χ2n) is 2.60. The molecule has 74 valence electrons. The van der Waals surface area contributed by atoms with Crippen molar-refractivity contribution in [3.63, 3.8) is 0 Å². The van der Waals surface area contributed by atoms with Gasteiger partial charge in [-0.05, 0) is 0 Å². The summed E-state index contributed by atoms with van der Waals surface area (Å²) in [5.41, 5.74) is 0. The van der Waals surface area contributed by atoms with Gasteiger partial charge in [0.05, 0.1) is 0 Å². The first-order valence-corrected chi connectivity index (χ1v) is 4.03. The normalized spacial score (nSPS) is 16.8. The van der Waals surface area contributed by atoms with Crippen LogP contribution in [0.25, 0.3) is 0 Å². The average molecular weight is 188 g/mol. The number of esters is 1. The summed E-state index contributed by atoms with van der Waals surface area (Å²) in [7, 11) is 0. The van der Waals surface area contributed by atoms with E-state index in [-0.39, 0.29) is 0 Å². The summed E-state index contributed by atoms with van der Waals surface area (Å²) in [6.07, 6.45) is 0. The van der Waals surface area contributed by atoms with Crippen LogP contribution in [0.5, 0.6) is 0 Å². The monoisotopic (exact) mass is 188 g/mol. The highest BCUT2D eigenvalue weighted by molar-refractivity contribution is 6.32. The zero-order chi connectivity index (χ0) is 9.68. The molecule has 1 amide bonds. The third kappa shape index (κ3) is 2.67. The van der Waals surface area contributed by atoms with Crippen molar-refractivity contribution in [1.29, 1.82) is 0 Å². The van der Waals surface area contributed by atoms with Crippen LogP contribution < -0.4 is 5.32 Å². The van der Waals surface area contributed by atoms with Gasteiger partial charge in [-0.25, -0.2) is 4.79 Å². The smallest absolute Gasteiger partial charge is 0.399 e. The molecule has 2 N–H and O–H groups in total. The van der Waals surface area contributed by atoms with Crippen molar-refractivity contribution >= 4 is 11.9 Å². The first kappa shape index (κ1) is 9.94. The van der Waals surface area contributed by atoms with E-state index in [1.165, 1.54) is 4.90 Å². The molecule has 1 saturated heterocycles. The lowest BCUT2D eigenvalue weighted by Gasteiger charge is -2.26. The number of hydrogen-bond donors (Lipinski definition) is 2. The predicted octanol–water partition coefficient (Wildman–Crippen LogP) is -2.09. The van der Waals surface area contributed by atoms with Gasteiger partial charge in [-0.3, -0.25) is 4.79 Å². The molecule has 6 nitrogen and oxygen atoms in total. The number of ether oxygens (including phenoxy) is 1. The van der Waals surface area contributed by atoms with Gasteiger partial charge in [0.2, 0.25) is 0 Å². The van der Waals surface area contributed by atoms with Crippen LogP contribution in [0.1, 0.15) is 0 Å². The largest absolute Gasteiger partial charge is 0.432 e. The summed E-state index contributed by atoms with van der Waals surface area (Å²) in [5.74, 6) is -1.68. The van der Waals surface area contributed by atoms with Crippen molar-refractivity contribution in [2.24, 2.45) is 0 Å². The molecule has 0 bridgehead atoms. The molecule has 0 aromatic heterocycles. The van der Waals surface area contributed by atoms with E-state index < -0.39 is 18.7 Å². The Balaban J connectivity index is 2.40. The number of nitrogens with one attached hydrogen (secondary N) is 1. The van der Waals surface area contributed by atoms with Gasteiger partial charge < -0.3 is 20.1 Å². The van der Waals surface area contributed by atoms with E-state index in [1.807, 2.05) is 0 Å². The second-order valence-corrected chi connectivity index (χ2v) is 2.60. The highest BCUT2D eigenvalue weighted by atomic mass is 16.6. The minimum atomic E-state index is -0.996. The average Bonchev–Trinajstić information content (AvgIpc) is 2.18. The van der Waals surface area contributed by atoms with Crippen LogP contribution in [0, 0.1) is 0 Å². The fourth-order valence-electron chi connectivity index (χ4n) is 1.12. The maximum Gasteiger partial charge on any atom is 0.399 e. The molecule has 1 fully saturated rings. The molecule has 0 aliphatic carbocycles. The Bertz CT molecular complexity index is 201. The minimum Gasteiger partial charge on any atom is -0.432 e. The molecular formula is C7H12N2O4. The molecule has 0 aromatic rings. The Morgan fingerprint density at radius 3 is 2.54 bits per heavy atom. The fraction of sp³-hybridized carbons (Fsp3) is 0.714. The minimum absolute atomic E-state index is 0.499. The summed E-state index contributed by atoms with van der Waals surface area (Å²) in [6.45, 7) is 1.60. The van der Waals surface area contributed by atoms with Crippen molar-refractivity contribution in [3.8, 4) is 0 Å². The number of piperazine rings is 1. The maximum absolute atomic E-state index is 11.2. The number of carbonyl (C=O) groups excluding carboxylic acids is 2. The van der Waals surface area contributed by atoms with E-state index in [0.717, 1.165) is 0 Å². The van der Waals surface area contributed by atoms with E-state index in [1.54, 1.807) is 0 Å². The molecule has 0 spiro atoms. The number of carbonyl (C=O) groups is 2. The third-order valence-corrected chi connectivity index (χ3v) is 1.77. The third-order valence-electron chi connectivity index (χ3n) is 1.77. The molecule has 6 heteroatoms. The highest BCUT2D eigenvalue weighted by Gasteiger charge is 2.24. The Kier molecular flexibility index (Phi) is 3.66. The molecule has 1 rings (SSSR count). The van der Waals surface area contributed by atoms with Gasteiger partial charge in [0.15, 0.2) is 6.79 Å². The van der Waals surface area contributed by atoms with Crippen molar-refractivity contribution in [3.05, 3.63) is 0 Å². The van der Waals surface area contributed by atoms with E-state index in [2.05, 4.69) is 10.1 Å². The standard InChI is InChI=1S/C7H12N2O4/c10-5-13-7(12)6(11)9-3-1-8-2-4-9/h8,10H,1-5H2. The van der Waals surface area contributed by atoms with Crippen LogP contribution in [0.15, 0.2) is 0 Å². The second kappa shape index (κ2) is 4.78. The summed E-state index contributed by atoms with van der Waals surface area (Å²) in [4.78, 5) is 23.4. The van der Waals surface area contributed by atoms with Gasteiger partial charge in [0, 0.05) is 26.2 Å². The number of aliphatic hydroxyl groups is 1. The van der Waals surface area contributed by atoms with E-state index >= 15 is 0 Å². The summed E-state index contributed by atoms with van der Waals surface area (Å²) in [5, 5.41) is 11.3. The van der Waals surface area contributed by atoms with Crippen LogP contribution in [0.4, 0.5) is 0 Å². The summed E-state index contributed by atoms with van der Waals surface area (Å²) in [6, 6.07) is 0. The highest BCUT2D eigenvalue weighted by Crippen LogP contribution is 1.94. The first-order valence-electron chi connectivity index (χ1n) is 4.03. The Hall–Kier alpha value is -1.14. The molecule has 1 aliphatic heterocycles. The molecule has 0 aromatic carbocycles. The van der Waals surface area contributed by atoms with Gasteiger partial charge in [-0.15, -0.1) is 0 Å². The van der Waals surface area contributed by atoms with Crippen molar-refractivity contribution in [1.82, 2.24) is 10.2 Å². The molecule has 1 heterocycles. The Labute approximate surface area is 75.5 Å². The molecule has 0 saturated carbocycles. The number of nitrogens with zero attached hydrogens (tertiary/aromatic N) is 1. The van der Waals surface area contributed by atoms with E-state index in [9.17, 15) is 9.59 Å². The van der Waals surface area contributed by atoms with Gasteiger partial charge in [0.1, 0.15) is 0 Å². The zero-order valence-corrected chi connectivity index (χ0v) is 7.15. The van der Waals surface area contributed by atoms with Gasteiger partial charge in [-0.2, -0.15) is 0 Å². The number of rotatable bonds is 1. The van der Waals surface area contributed by atoms with Crippen LogP contribution in [0.3, 0.4) is 0 Å². The SMILES string of the molecule is O=C(OCO)C(=O)N1CCNCC1. The van der Waals surface area contributed by atoms with Gasteiger partial charge in [0.25, 0.3) is 0 Å². The van der Waals surface area contributed by atoms with Gasteiger partial charge >= 0.3 is 11.9 Å². The number of amides is 1. The van der Waals surface area contributed by atoms with Crippen LogP contribution >= 0.6 is 0 Å². The molecule has 0 atom stereocenters. The van der Waals surface area contributed by atoms with Crippen LogP contribution in [0.2, 0.25) is 0 Å². The topological polar surface area (TPSA) is 78.9 Å². The molecule has 0 radical (unpaired) electrons. The summed E-state index contributed by atoms with van der Waals surface area (Å²) < 4.78 is 4.16. The van der Waals surface area contributed by atoms with Gasteiger partial charge in [-0.1, -0.05) is 0 Å². The lowest BCUT2D eigenvalue weighted by atomic mass is 10.3. The van der Waals surface area contributed by atoms with Crippen molar-refractivity contribution < 1.29 is 19.4 Å². The molecule has 13 heavy (non-hydrogen) atoms. The number of aliphatic hydroxyl groups excluding tert-OH is 1. The number of hydrogen-bond acceptors (Lipinski definition) is 5. The first-order chi connectivity index (χ1) is 6.25. The van der Waals surface area contributed by atoms with E-state index in [4.69, 9.17) is 5.11 Å². The maximum atomic E-state index is 11.2.